The van der Waals surface area contributed by atoms with Crippen molar-refractivity contribution in [2.24, 2.45) is 10.8 Å². The third-order valence-electron chi connectivity index (χ3n) is 2.25. The molecule has 0 spiro atoms. The molecule has 0 aliphatic carbocycles. The molecule has 90 valence electrons. The number of nitrogens with zero attached hydrogens (tertiary/aromatic N) is 2. The van der Waals surface area contributed by atoms with Crippen LogP contribution in [0.2, 0.25) is 0 Å². The molecule has 0 heterocycles. The summed E-state index contributed by atoms with van der Waals surface area (Å²) >= 11 is 0. The summed E-state index contributed by atoms with van der Waals surface area (Å²) in [4.78, 5) is 6.61. The highest BCUT2D eigenvalue weighted by Gasteiger charge is 1.99. The second-order valence-electron chi connectivity index (χ2n) is 3.33. The zero-order valence-electron chi connectivity index (χ0n) is 10.2. The molecule has 0 unspecified atom stereocenters. The molecule has 0 saturated carbocycles. The SMILES string of the molecule is CCCN=C(NN)NCCN(CC)CC. The lowest BCUT2D eigenvalue weighted by molar-refractivity contribution is 0.308. The standard InChI is InChI=1S/C10H25N5/c1-4-7-12-10(14-11)13-8-9-15(5-2)6-3/h4-9,11H2,1-3H3,(H2,12,13,14). The highest BCUT2D eigenvalue weighted by molar-refractivity contribution is 5.79. The zero-order chi connectivity index (χ0) is 11.5. The molecule has 0 rings (SSSR count). The Bertz CT molecular complexity index is 165. The van der Waals surface area contributed by atoms with Crippen LogP contribution >= 0.6 is 0 Å². The van der Waals surface area contributed by atoms with Crippen LogP contribution in [-0.2, 0) is 0 Å². The number of hydrazine groups is 1. The summed E-state index contributed by atoms with van der Waals surface area (Å²) in [7, 11) is 0. The van der Waals surface area contributed by atoms with Crippen LogP contribution in [0.1, 0.15) is 27.2 Å². The van der Waals surface area contributed by atoms with Crippen molar-refractivity contribution < 1.29 is 0 Å². The van der Waals surface area contributed by atoms with Gasteiger partial charge in [0.1, 0.15) is 0 Å². The van der Waals surface area contributed by atoms with E-state index in [4.69, 9.17) is 5.84 Å². The number of aliphatic imine (C=N–C) groups is 1. The van der Waals surface area contributed by atoms with Crippen LogP contribution in [0.4, 0.5) is 0 Å². The van der Waals surface area contributed by atoms with Crippen molar-refractivity contribution in [2.75, 3.05) is 32.7 Å². The minimum Gasteiger partial charge on any atom is -0.354 e. The van der Waals surface area contributed by atoms with E-state index >= 15 is 0 Å². The molecule has 0 aromatic rings. The Balaban J connectivity index is 3.71. The zero-order valence-corrected chi connectivity index (χ0v) is 10.2. The third kappa shape index (κ3) is 7.16. The van der Waals surface area contributed by atoms with Gasteiger partial charge in [-0.2, -0.15) is 0 Å². The summed E-state index contributed by atoms with van der Waals surface area (Å²) in [6, 6.07) is 0. The summed E-state index contributed by atoms with van der Waals surface area (Å²) in [5.41, 5.74) is 2.57. The second kappa shape index (κ2) is 9.73. The van der Waals surface area contributed by atoms with Crippen LogP contribution < -0.4 is 16.6 Å². The van der Waals surface area contributed by atoms with Gasteiger partial charge in [-0.3, -0.25) is 10.4 Å². The molecule has 0 saturated heterocycles. The first kappa shape index (κ1) is 14.2. The predicted octanol–water partition coefficient (Wildman–Crippen LogP) is 0.147. The lowest BCUT2D eigenvalue weighted by atomic mass is 10.4. The van der Waals surface area contributed by atoms with Crippen molar-refractivity contribution >= 4 is 5.96 Å². The lowest BCUT2D eigenvalue weighted by Crippen LogP contribution is -2.44. The van der Waals surface area contributed by atoms with E-state index in [1.54, 1.807) is 0 Å². The molecule has 0 bridgehead atoms. The van der Waals surface area contributed by atoms with Gasteiger partial charge in [0.25, 0.3) is 0 Å². The van der Waals surface area contributed by atoms with E-state index in [1.807, 2.05) is 0 Å². The second-order valence-corrected chi connectivity index (χ2v) is 3.33. The molecule has 0 aromatic heterocycles. The van der Waals surface area contributed by atoms with Crippen LogP contribution in [0.5, 0.6) is 0 Å². The fraction of sp³-hybridized carbons (Fsp3) is 0.900. The van der Waals surface area contributed by atoms with Crippen molar-refractivity contribution in [3.05, 3.63) is 0 Å². The monoisotopic (exact) mass is 215 g/mol. The third-order valence-corrected chi connectivity index (χ3v) is 2.25. The first-order chi connectivity index (χ1) is 7.28. The fourth-order valence-electron chi connectivity index (χ4n) is 1.25. The summed E-state index contributed by atoms with van der Waals surface area (Å²) in [5.74, 6) is 6.02. The average Bonchev–Trinajstić information content (AvgIpc) is 2.28. The molecular weight excluding hydrogens is 190 g/mol. The molecule has 0 aliphatic heterocycles. The van der Waals surface area contributed by atoms with Gasteiger partial charge < -0.3 is 10.2 Å². The number of likely N-dealkylation sites (N-methyl/N-ethyl adjacent to an activating group) is 1. The Kier molecular flexibility index (Phi) is 9.21. The maximum atomic E-state index is 5.34. The van der Waals surface area contributed by atoms with Gasteiger partial charge in [0.2, 0.25) is 5.96 Å². The van der Waals surface area contributed by atoms with Gasteiger partial charge in [-0.15, -0.1) is 0 Å². The quantitative estimate of drug-likeness (QED) is 0.245. The molecule has 0 atom stereocenters. The van der Waals surface area contributed by atoms with E-state index in [9.17, 15) is 0 Å². The van der Waals surface area contributed by atoms with Crippen molar-refractivity contribution in [3.8, 4) is 0 Å². The maximum absolute atomic E-state index is 5.34. The largest absolute Gasteiger partial charge is 0.354 e. The van der Waals surface area contributed by atoms with E-state index in [0.29, 0.717) is 5.96 Å². The minimum absolute atomic E-state index is 0.684. The van der Waals surface area contributed by atoms with Crippen LogP contribution in [0.25, 0.3) is 0 Å². The Morgan fingerprint density at radius 2 is 1.93 bits per heavy atom. The molecule has 0 amide bonds. The van der Waals surface area contributed by atoms with Crippen LogP contribution in [-0.4, -0.2) is 43.6 Å². The molecule has 5 nitrogen and oxygen atoms in total. The fourth-order valence-corrected chi connectivity index (χ4v) is 1.25. The first-order valence-electron chi connectivity index (χ1n) is 5.75. The van der Waals surface area contributed by atoms with Crippen molar-refractivity contribution in [2.45, 2.75) is 27.2 Å². The Labute approximate surface area is 93.1 Å². The molecule has 15 heavy (non-hydrogen) atoms. The van der Waals surface area contributed by atoms with Crippen LogP contribution in [0, 0.1) is 0 Å². The van der Waals surface area contributed by atoms with Crippen molar-refractivity contribution in [1.82, 2.24) is 15.6 Å². The predicted molar refractivity (Wildman–Crippen MR) is 65.7 cm³/mol. The van der Waals surface area contributed by atoms with Crippen molar-refractivity contribution in [3.63, 3.8) is 0 Å². The molecule has 0 aliphatic rings. The van der Waals surface area contributed by atoms with Gasteiger partial charge in [-0.1, -0.05) is 20.8 Å². The van der Waals surface area contributed by atoms with Gasteiger partial charge in [0, 0.05) is 19.6 Å². The Morgan fingerprint density at radius 1 is 1.27 bits per heavy atom. The van der Waals surface area contributed by atoms with Gasteiger partial charge in [-0.25, -0.2) is 5.84 Å². The molecule has 4 N–H and O–H groups in total. The highest BCUT2D eigenvalue weighted by Crippen LogP contribution is 1.84. The number of nitrogens with two attached hydrogens (primary N) is 1. The smallest absolute Gasteiger partial charge is 0.205 e. The van der Waals surface area contributed by atoms with E-state index in [1.165, 1.54) is 0 Å². The van der Waals surface area contributed by atoms with Gasteiger partial charge in [0.15, 0.2) is 0 Å². The molecule has 0 aromatic carbocycles. The first-order valence-corrected chi connectivity index (χ1v) is 5.75. The van der Waals surface area contributed by atoms with E-state index in [2.05, 4.69) is 41.4 Å². The summed E-state index contributed by atoms with van der Waals surface area (Å²) in [6.07, 6.45) is 1.03. The lowest BCUT2D eigenvalue weighted by Gasteiger charge is -2.18. The number of nitrogens with one attached hydrogen (secondary N) is 2. The Morgan fingerprint density at radius 3 is 2.40 bits per heavy atom. The maximum Gasteiger partial charge on any atom is 0.205 e. The number of hydrogen-bond acceptors (Lipinski definition) is 3. The topological polar surface area (TPSA) is 65.7 Å². The van der Waals surface area contributed by atoms with Gasteiger partial charge in [0.05, 0.1) is 0 Å². The number of guanidine groups is 1. The summed E-state index contributed by atoms with van der Waals surface area (Å²) < 4.78 is 0. The van der Waals surface area contributed by atoms with Gasteiger partial charge >= 0.3 is 0 Å². The van der Waals surface area contributed by atoms with Crippen LogP contribution in [0.3, 0.4) is 0 Å². The number of rotatable bonds is 7. The van der Waals surface area contributed by atoms with E-state index in [-0.39, 0.29) is 0 Å². The van der Waals surface area contributed by atoms with E-state index in [0.717, 1.165) is 39.1 Å². The van der Waals surface area contributed by atoms with Crippen LogP contribution in [0.15, 0.2) is 4.99 Å². The summed E-state index contributed by atoms with van der Waals surface area (Å²) in [6.45, 7) is 11.3. The molecule has 0 radical (unpaired) electrons. The average molecular weight is 215 g/mol. The Hall–Kier alpha value is -0.810. The van der Waals surface area contributed by atoms with Crippen molar-refractivity contribution in [1.29, 1.82) is 0 Å². The normalized spacial score (nSPS) is 11.9. The summed E-state index contributed by atoms with van der Waals surface area (Å²) in [5, 5.41) is 3.18. The molecule has 0 fully saturated rings. The molecular formula is C10H25N5. The van der Waals surface area contributed by atoms with Gasteiger partial charge in [-0.05, 0) is 19.5 Å². The highest BCUT2D eigenvalue weighted by atomic mass is 15.3. The van der Waals surface area contributed by atoms with E-state index < -0.39 is 0 Å². The molecule has 5 heteroatoms. The minimum atomic E-state index is 0.684. The number of hydrogen-bond donors (Lipinski definition) is 3.